The summed E-state index contributed by atoms with van der Waals surface area (Å²) in [6.45, 7) is 1.44. The highest BCUT2D eigenvalue weighted by atomic mass is 19.1. The first-order valence-corrected chi connectivity index (χ1v) is 7.96. The Labute approximate surface area is 140 Å². The molecular weight excluding hydrogens is 308 g/mol. The first-order chi connectivity index (χ1) is 11.7. The van der Waals surface area contributed by atoms with Crippen molar-refractivity contribution in [1.82, 2.24) is 5.32 Å². The van der Waals surface area contributed by atoms with Gasteiger partial charge in [-0.15, -0.1) is 0 Å². The average Bonchev–Trinajstić information content (AvgIpc) is 3.12. The molecular formula is C20H19F2NO. The molecule has 0 aliphatic carbocycles. The Bertz CT molecular complexity index is 736. The Morgan fingerprint density at radius 2 is 1.54 bits per heavy atom. The molecule has 3 aromatic rings. The van der Waals surface area contributed by atoms with Crippen LogP contribution in [0.2, 0.25) is 0 Å². The second kappa shape index (κ2) is 7.88. The van der Waals surface area contributed by atoms with Gasteiger partial charge in [0.05, 0.1) is 6.26 Å². The molecule has 0 radical (unpaired) electrons. The van der Waals surface area contributed by atoms with Crippen LogP contribution in [0.15, 0.2) is 71.3 Å². The van der Waals surface area contributed by atoms with E-state index in [2.05, 4.69) is 5.32 Å². The molecule has 0 bridgehead atoms. The van der Waals surface area contributed by atoms with Gasteiger partial charge in [0.1, 0.15) is 17.4 Å². The van der Waals surface area contributed by atoms with E-state index in [9.17, 15) is 8.78 Å². The van der Waals surface area contributed by atoms with Crippen molar-refractivity contribution in [3.63, 3.8) is 0 Å². The monoisotopic (exact) mass is 327 g/mol. The van der Waals surface area contributed by atoms with Gasteiger partial charge in [-0.1, -0.05) is 24.3 Å². The molecule has 0 aliphatic rings. The highest BCUT2D eigenvalue weighted by Gasteiger charge is 2.16. The van der Waals surface area contributed by atoms with Crippen molar-refractivity contribution < 1.29 is 13.2 Å². The van der Waals surface area contributed by atoms with Crippen LogP contribution in [0.25, 0.3) is 0 Å². The fourth-order valence-electron chi connectivity index (χ4n) is 2.74. The number of hydrogen-bond acceptors (Lipinski definition) is 2. The van der Waals surface area contributed by atoms with Gasteiger partial charge in [-0.2, -0.15) is 0 Å². The zero-order chi connectivity index (χ0) is 16.8. The van der Waals surface area contributed by atoms with Gasteiger partial charge in [0.15, 0.2) is 0 Å². The van der Waals surface area contributed by atoms with Crippen molar-refractivity contribution in [2.24, 2.45) is 0 Å². The van der Waals surface area contributed by atoms with Crippen LogP contribution in [0.4, 0.5) is 8.78 Å². The third-order valence-electron chi connectivity index (χ3n) is 4.01. The van der Waals surface area contributed by atoms with Crippen LogP contribution in [0, 0.1) is 11.6 Å². The lowest BCUT2D eigenvalue weighted by molar-refractivity contribution is 0.466. The highest BCUT2D eigenvalue weighted by Crippen LogP contribution is 2.28. The lowest BCUT2D eigenvalue weighted by Gasteiger charge is -2.16. The van der Waals surface area contributed by atoms with Crippen LogP contribution in [-0.2, 0) is 6.54 Å². The minimum Gasteiger partial charge on any atom is -0.469 e. The van der Waals surface area contributed by atoms with E-state index >= 15 is 0 Å². The number of nitrogens with one attached hydrogen (secondary N) is 1. The molecule has 0 fully saturated rings. The van der Waals surface area contributed by atoms with Crippen LogP contribution >= 0.6 is 0 Å². The Morgan fingerprint density at radius 3 is 2.17 bits per heavy atom. The van der Waals surface area contributed by atoms with Crippen LogP contribution in [0.3, 0.4) is 0 Å². The Balaban J connectivity index is 1.60. The number of rotatable bonds is 7. The lowest BCUT2D eigenvalue weighted by atomic mass is 9.93. The molecule has 1 aromatic heterocycles. The predicted molar refractivity (Wildman–Crippen MR) is 89.7 cm³/mol. The zero-order valence-corrected chi connectivity index (χ0v) is 13.2. The summed E-state index contributed by atoms with van der Waals surface area (Å²) in [5.74, 6) is 0.464. The van der Waals surface area contributed by atoms with Crippen LogP contribution in [0.5, 0.6) is 0 Å². The van der Waals surface area contributed by atoms with Gasteiger partial charge in [-0.3, -0.25) is 0 Å². The van der Waals surface area contributed by atoms with Gasteiger partial charge in [0.25, 0.3) is 0 Å². The molecule has 0 saturated carbocycles. The largest absolute Gasteiger partial charge is 0.469 e. The Kier molecular flexibility index (Phi) is 5.39. The number of hydrogen-bond donors (Lipinski definition) is 1. The smallest absolute Gasteiger partial charge is 0.123 e. The average molecular weight is 327 g/mol. The zero-order valence-electron chi connectivity index (χ0n) is 13.2. The van der Waals surface area contributed by atoms with Crippen molar-refractivity contribution in [3.8, 4) is 0 Å². The molecule has 124 valence electrons. The topological polar surface area (TPSA) is 25.2 Å². The van der Waals surface area contributed by atoms with Crippen LogP contribution < -0.4 is 5.32 Å². The van der Waals surface area contributed by atoms with Crippen molar-refractivity contribution in [3.05, 3.63) is 95.4 Å². The second-order valence-corrected chi connectivity index (χ2v) is 5.71. The SMILES string of the molecule is Fc1ccc(CNCCC(c2ccc(F)cc2)c2ccco2)cc1. The molecule has 0 spiro atoms. The first-order valence-electron chi connectivity index (χ1n) is 7.96. The normalized spacial score (nSPS) is 12.2. The van der Waals surface area contributed by atoms with E-state index in [1.807, 2.05) is 12.1 Å². The number of furan rings is 1. The van der Waals surface area contributed by atoms with Gasteiger partial charge < -0.3 is 9.73 Å². The molecule has 2 aromatic carbocycles. The quantitative estimate of drug-likeness (QED) is 0.626. The van der Waals surface area contributed by atoms with E-state index in [0.29, 0.717) is 6.54 Å². The van der Waals surface area contributed by atoms with Gasteiger partial charge in [-0.25, -0.2) is 8.78 Å². The first kappa shape index (κ1) is 16.4. The summed E-state index contributed by atoms with van der Waals surface area (Å²) in [7, 11) is 0. The molecule has 2 nitrogen and oxygen atoms in total. The van der Waals surface area contributed by atoms with E-state index in [-0.39, 0.29) is 17.6 Å². The molecule has 0 amide bonds. The summed E-state index contributed by atoms with van der Waals surface area (Å²) in [6.07, 6.45) is 2.47. The third kappa shape index (κ3) is 4.30. The van der Waals surface area contributed by atoms with Crippen molar-refractivity contribution in [2.75, 3.05) is 6.54 Å². The maximum absolute atomic E-state index is 13.2. The lowest BCUT2D eigenvalue weighted by Crippen LogP contribution is -2.17. The van der Waals surface area contributed by atoms with Crippen molar-refractivity contribution in [2.45, 2.75) is 18.9 Å². The maximum Gasteiger partial charge on any atom is 0.123 e. The number of halogens is 2. The summed E-state index contributed by atoms with van der Waals surface area (Å²) < 4.78 is 31.6. The number of benzene rings is 2. The van der Waals surface area contributed by atoms with E-state index < -0.39 is 0 Å². The van der Waals surface area contributed by atoms with E-state index in [1.54, 1.807) is 30.5 Å². The minimum atomic E-state index is -0.244. The molecule has 0 saturated heterocycles. The summed E-state index contributed by atoms with van der Waals surface area (Å²) in [4.78, 5) is 0. The standard InChI is InChI=1S/C20H19F2NO/c21-17-7-3-15(4-8-17)14-23-12-11-19(20-2-1-13-24-20)16-5-9-18(22)10-6-16/h1-10,13,19,23H,11-12,14H2. The summed E-state index contributed by atoms with van der Waals surface area (Å²) in [6, 6.07) is 16.8. The van der Waals surface area contributed by atoms with E-state index in [0.717, 1.165) is 29.9 Å². The Morgan fingerprint density at radius 1 is 0.875 bits per heavy atom. The minimum absolute atomic E-state index is 0.0707. The summed E-state index contributed by atoms with van der Waals surface area (Å²) in [5, 5.41) is 3.36. The van der Waals surface area contributed by atoms with E-state index in [1.165, 1.54) is 24.3 Å². The molecule has 24 heavy (non-hydrogen) atoms. The molecule has 1 heterocycles. The van der Waals surface area contributed by atoms with Crippen molar-refractivity contribution >= 4 is 0 Å². The van der Waals surface area contributed by atoms with Gasteiger partial charge >= 0.3 is 0 Å². The van der Waals surface area contributed by atoms with Crippen LogP contribution in [0.1, 0.15) is 29.2 Å². The highest BCUT2D eigenvalue weighted by molar-refractivity contribution is 5.27. The van der Waals surface area contributed by atoms with Gasteiger partial charge in [0, 0.05) is 12.5 Å². The maximum atomic E-state index is 13.2. The second-order valence-electron chi connectivity index (χ2n) is 5.71. The molecule has 4 heteroatoms. The molecule has 1 atom stereocenters. The third-order valence-corrected chi connectivity index (χ3v) is 4.01. The van der Waals surface area contributed by atoms with Gasteiger partial charge in [0.2, 0.25) is 0 Å². The fraction of sp³-hybridized carbons (Fsp3) is 0.200. The molecule has 3 rings (SSSR count). The molecule has 0 aliphatic heterocycles. The van der Waals surface area contributed by atoms with E-state index in [4.69, 9.17) is 4.42 Å². The predicted octanol–water partition coefficient (Wildman–Crippen LogP) is 4.87. The van der Waals surface area contributed by atoms with Crippen molar-refractivity contribution in [1.29, 1.82) is 0 Å². The summed E-state index contributed by atoms with van der Waals surface area (Å²) in [5.41, 5.74) is 2.06. The van der Waals surface area contributed by atoms with Crippen LogP contribution in [-0.4, -0.2) is 6.54 Å². The fourth-order valence-corrected chi connectivity index (χ4v) is 2.74. The Hall–Kier alpha value is -2.46. The summed E-state index contributed by atoms with van der Waals surface area (Å²) >= 11 is 0. The molecule has 1 N–H and O–H groups in total. The van der Waals surface area contributed by atoms with Gasteiger partial charge in [-0.05, 0) is 60.5 Å². The molecule has 1 unspecified atom stereocenters.